The SMILES string of the molecule is COc1cc2nc3c(c4c2c(c1OC)N(C(=O)CN1CC[NH+](C)CC1)CC4)CCc1ccccc1-3.[Cl-]. The number of piperazine rings is 1. The van der Waals surface area contributed by atoms with Crippen LogP contribution in [-0.2, 0) is 24.1 Å². The van der Waals surface area contributed by atoms with E-state index in [1.54, 1.807) is 14.2 Å². The molecule has 3 heterocycles. The fourth-order valence-electron chi connectivity index (χ4n) is 6.04. The molecule has 0 saturated carbocycles. The predicted octanol–water partition coefficient (Wildman–Crippen LogP) is -1.26. The van der Waals surface area contributed by atoms with Crippen molar-refractivity contribution in [2.24, 2.45) is 0 Å². The average Bonchev–Trinajstić information content (AvgIpc) is 2.89. The number of rotatable bonds is 4. The van der Waals surface area contributed by atoms with Crippen LogP contribution < -0.4 is 31.7 Å². The van der Waals surface area contributed by atoms with Gasteiger partial charge in [0, 0.05) is 36.7 Å². The van der Waals surface area contributed by atoms with Crippen molar-refractivity contribution in [3.05, 3.63) is 47.0 Å². The summed E-state index contributed by atoms with van der Waals surface area (Å²) in [7, 11) is 5.51. The Morgan fingerprint density at radius 2 is 1.81 bits per heavy atom. The van der Waals surface area contributed by atoms with Gasteiger partial charge in [-0.25, -0.2) is 4.98 Å². The van der Waals surface area contributed by atoms with Crippen LogP contribution in [0.1, 0.15) is 16.7 Å². The van der Waals surface area contributed by atoms with E-state index in [-0.39, 0.29) is 18.3 Å². The number of halogens is 1. The Bertz CT molecular complexity index is 1320. The number of aromatic nitrogens is 1. The fourth-order valence-corrected chi connectivity index (χ4v) is 6.04. The molecule has 1 saturated heterocycles. The summed E-state index contributed by atoms with van der Waals surface area (Å²) in [5.74, 6) is 1.35. The van der Waals surface area contributed by atoms with Gasteiger partial charge in [-0.05, 0) is 36.0 Å². The van der Waals surface area contributed by atoms with Crippen molar-refractivity contribution in [1.29, 1.82) is 0 Å². The topological polar surface area (TPSA) is 59.3 Å². The normalized spacial score (nSPS) is 17.2. The molecule has 2 aromatic carbocycles. The highest BCUT2D eigenvalue weighted by molar-refractivity contribution is 6.10. The van der Waals surface area contributed by atoms with Crippen molar-refractivity contribution in [2.45, 2.75) is 19.3 Å². The van der Waals surface area contributed by atoms with Crippen molar-refractivity contribution in [2.75, 3.05) is 65.4 Å². The van der Waals surface area contributed by atoms with Crippen molar-refractivity contribution in [1.82, 2.24) is 9.88 Å². The van der Waals surface area contributed by atoms with Gasteiger partial charge < -0.3 is 31.7 Å². The van der Waals surface area contributed by atoms with Gasteiger partial charge in [-0.3, -0.25) is 9.69 Å². The van der Waals surface area contributed by atoms with E-state index in [4.69, 9.17) is 14.5 Å². The molecule has 0 radical (unpaired) electrons. The minimum absolute atomic E-state index is 0. The Hall–Kier alpha value is -2.87. The largest absolute Gasteiger partial charge is 1.00 e. The molecule has 3 aromatic rings. The molecule has 190 valence electrons. The first-order chi connectivity index (χ1) is 17.1. The number of nitrogens with one attached hydrogen (secondary N) is 1. The van der Waals surface area contributed by atoms with Crippen LogP contribution in [-0.4, -0.2) is 76.3 Å². The lowest BCUT2D eigenvalue weighted by molar-refractivity contribution is -0.884. The Morgan fingerprint density at radius 3 is 2.56 bits per heavy atom. The van der Waals surface area contributed by atoms with Crippen molar-refractivity contribution in [3.63, 3.8) is 0 Å². The first-order valence-electron chi connectivity index (χ1n) is 12.6. The van der Waals surface area contributed by atoms with Crippen molar-refractivity contribution >= 4 is 22.5 Å². The molecule has 1 amide bonds. The molecule has 1 aromatic heterocycles. The lowest BCUT2D eigenvalue weighted by Gasteiger charge is -2.36. The number of benzene rings is 2. The van der Waals surface area contributed by atoms with Crippen LogP contribution in [0.3, 0.4) is 0 Å². The minimum Gasteiger partial charge on any atom is -1.00 e. The lowest BCUT2D eigenvalue weighted by atomic mass is 9.83. The smallest absolute Gasteiger partial charge is 0.241 e. The molecule has 1 N–H and O–H groups in total. The third kappa shape index (κ3) is 3.99. The molecule has 0 atom stereocenters. The predicted molar refractivity (Wildman–Crippen MR) is 137 cm³/mol. The highest BCUT2D eigenvalue weighted by Gasteiger charge is 2.34. The van der Waals surface area contributed by atoms with Crippen molar-refractivity contribution in [3.8, 4) is 22.8 Å². The van der Waals surface area contributed by atoms with E-state index >= 15 is 0 Å². The van der Waals surface area contributed by atoms with Gasteiger partial charge in [0.2, 0.25) is 5.91 Å². The fraction of sp³-hybridized carbons (Fsp3) is 0.429. The summed E-state index contributed by atoms with van der Waals surface area (Å²) in [5, 5.41) is 1.04. The summed E-state index contributed by atoms with van der Waals surface area (Å²) in [6.07, 6.45) is 2.81. The second-order valence-corrected chi connectivity index (χ2v) is 9.96. The molecule has 1 aliphatic carbocycles. The van der Waals surface area contributed by atoms with Crippen LogP contribution >= 0.6 is 0 Å². The summed E-state index contributed by atoms with van der Waals surface area (Å²) in [6.45, 7) is 5.10. The summed E-state index contributed by atoms with van der Waals surface area (Å²) in [6, 6.07) is 10.5. The number of amides is 1. The molecular weight excluding hydrogens is 476 g/mol. The van der Waals surface area contributed by atoms with Crippen LogP contribution in [0.5, 0.6) is 11.5 Å². The maximum atomic E-state index is 13.7. The van der Waals surface area contributed by atoms with Gasteiger partial charge in [0.05, 0.1) is 57.8 Å². The van der Waals surface area contributed by atoms with Crippen LogP contribution in [0.2, 0.25) is 0 Å². The van der Waals surface area contributed by atoms with Gasteiger partial charge in [0.15, 0.2) is 11.5 Å². The quantitative estimate of drug-likeness (QED) is 0.477. The molecule has 0 bridgehead atoms. The third-order valence-electron chi connectivity index (χ3n) is 7.95. The van der Waals surface area contributed by atoms with Gasteiger partial charge in [-0.15, -0.1) is 0 Å². The van der Waals surface area contributed by atoms with E-state index < -0.39 is 0 Å². The minimum atomic E-state index is 0. The number of likely N-dealkylation sites (N-methyl/N-ethyl adjacent to an activating group) is 1. The number of methoxy groups -OCH3 is 2. The second-order valence-electron chi connectivity index (χ2n) is 9.96. The summed E-state index contributed by atoms with van der Waals surface area (Å²) in [4.78, 5) is 24.6. The molecule has 2 aliphatic heterocycles. The van der Waals surface area contributed by atoms with E-state index in [2.05, 4.69) is 36.2 Å². The van der Waals surface area contributed by atoms with Crippen LogP contribution in [0.4, 0.5) is 5.69 Å². The van der Waals surface area contributed by atoms with Crippen LogP contribution in [0, 0.1) is 0 Å². The molecule has 0 spiro atoms. The number of anilines is 1. The number of ether oxygens (including phenoxy) is 2. The summed E-state index contributed by atoms with van der Waals surface area (Å²) < 4.78 is 11.6. The molecule has 7 nitrogen and oxygen atoms in total. The molecule has 3 aliphatic rings. The zero-order valence-corrected chi connectivity index (χ0v) is 22.0. The number of carbonyl (C=O) groups excluding carboxylic acids is 1. The second kappa shape index (κ2) is 9.88. The number of pyridine rings is 1. The lowest BCUT2D eigenvalue weighted by Crippen LogP contribution is -3.12. The molecule has 6 rings (SSSR count). The highest BCUT2D eigenvalue weighted by Crippen LogP contribution is 2.49. The van der Waals surface area contributed by atoms with Gasteiger partial charge in [-0.1, -0.05) is 24.3 Å². The Kier molecular flexibility index (Phi) is 6.81. The van der Waals surface area contributed by atoms with Crippen LogP contribution in [0.25, 0.3) is 22.2 Å². The third-order valence-corrected chi connectivity index (χ3v) is 7.95. The number of quaternary nitrogens is 1. The van der Waals surface area contributed by atoms with E-state index in [0.717, 1.165) is 67.7 Å². The van der Waals surface area contributed by atoms with Gasteiger partial charge in [0.25, 0.3) is 0 Å². The highest BCUT2D eigenvalue weighted by atomic mass is 35.5. The zero-order chi connectivity index (χ0) is 24.1. The van der Waals surface area contributed by atoms with E-state index in [9.17, 15) is 4.79 Å². The van der Waals surface area contributed by atoms with E-state index in [1.807, 2.05) is 11.0 Å². The Labute approximate surface area is 218 Å². The number of carbonyl (C=O) groups is 1. The van der Waals surface area contributed by atoms with Crippen LogP contribution in [0.15, 0.2) is 30.3 Å². The van der Waals surface area contributed by atoms with E-state index in [1.165, 1.54) is 27.2 Å². The van der Waals surface area contributed by atoms with Crippen molar-refractivity contribution < 1.29 is 31.6 Å². The van der Waals surface area contributed by atoms with E-state index in [0.29, 0.717) is 24.6 Å². The maximum absolute atomic E-state index is 13.7. The maximum Gasteiger partial charge on any atom is 0.241 e. The first kappa shape index (κ1) is 24.8. The molecule has 8 heteroatoms. The molecular formula is C28H33ClN4O3. The first-order valence-corrected chi connectivity index (χ1v) is 12.6. The number of fused-ring (bicyclic) bond motifs is 4. The zero-order valence-electron chi connectivity index (χ0n) is 21.2. The summed E-state index contributed by atoms with van der Waals surface area (Å²) in [5.41, 5.74) is 7.96. The van der Waals surface area contributed by atoms with Gasteiger partial charge >= 0.3 is 0 Å². The average molecular weight is 509 g/mol. The Balaban J connectivity index is 0.00000267. The monoisotopic (exact) mass is 508 g/mol. The summed E-state index contributed by atoms with van der Waals surface area (Å²) >= 11 is 0. The molecule has 1 fully saturated rings. The standard InChI is InChI=1S/C28H32N4O3.ClH/c1-30-12-14-31(15-13-30)17-24(33)32-11-10-20-21-9-8-18-6-4-5-7-19(18)26(21)29-22-16-23(34-2)28(35-3)27(32)25(20)22;/h4-7,16H,8-15,17H2,1-3H3;1H. The number of nitrogens with zero attached hydrogens (tertiary/aromatic N) is 3. The van der Waals surface area contributed by atoms with Gasteiger partial charge in [0.1, 0.15) is 0 Å². The number of hydrogen-bond donors (Lipinski definition) is 1. The Morgan fingerprint density at radius 1 is 1.03 bits per heavy atom. The number of aryl methyl sites for hydroxylation is 1. The molecule has 0 unspecified atom stereocenters. The van der Waals surface area contributed by atoms with Gasteiger partial charge in [-0.2, -0.15) is 0 Å². The number of hydrogen-bond acceptors (Lipinski definition) is 5. The molecule has 36 heavy (non-hydrogen) atoms.